The third-order valence-corrected chi connectivity index (χ3v) is 3.86. The maximum Gasteiger partial charge on any atom is 0.155 e. The van der Waals surface area contributed by atoms with Crippen molar-refractivity contribution in [1.29, 1.82) is 0 Å². The second kappa shape index (κ2) is 4.77. The first kappa shape index (κ1) is 12.3. The van der Waals surface area contributed by atoms with Crippen LogP contribution in [0.4, 0.5) is 0 Å². The van der Waals surface area contributed by atoms with Gasteiger partial charge in [0.1, 0.15) is 12.1 Å². The Kier molecular flexibility index (Phi) is 3.10. The molecule has 1 fully saturated rings. The maximum absolute atomic E-state index is 4.39. The first-order valence-electron chi connectivity index (χ1n) is 6.82. The second-order valence-corrected chi connectivity index (χ2v) is 5.25. The highest BCUT2D eigenvalue weighted by Gasteiger charge is 2.24. The van der Waals surface area contributed by atoms with E-state index in [0.717, 1.165) is 30.4 Å². The van der Waals surface area contributed by atoms with Gasteiger partial charge >= 0.3 is 0 Å². The predicted molar refractivity (Wildman–Crippen MR) is 72.1 cm³/mol. The van der Waals surface area contributed by atoms with Crippen molar-refractivity contribution in [2.24, 2.45) is 7.05 Å². The van der Waals surface area contributed by atoms with E-state index < -0.39 is 0 Å². The molecule has 0 radical (unpaired) electrons. The van der Waals surface area contributed by atoms with E-state index in [0.29, 0.717) is 6.04 Å². The number of aryl methyl sites for hydroxylation is 2. The fourth-order valence-corrected chi connectivity index (χ4v) is 2.82. The van der Waals surface area contributed by atoms with Crippen LogP contribution in [-0.2, 0) is 7.05 Å². The molecule has 6 heteroatoms. The van der Waals surface area contributed by atoms with Crippen LogP contribution in [0.1, 0.15) is 37.3 Å². The van der Waals surface area contributed by atoms with E-state index in [2.05, 4.69) is 33.2 Å². The minimum atomic E-state index is 0.292. The van der Waals surface area contributed by atoms with Crippen LogP contribution in [0, 0.1) is 6.92 Å². The third-order valence-electron chi connectivity index (χ3n) is 3.86. The molecule has 19 heavy (non-hydrogen) atoms. The Bertz CT molecular complexity index is 563. The molecule has 1 saturated heterocycles. The molecule has 1 aliphatic rings. The van der Waals surface area contributed by atoms with Crippen molar-refractivity contribution in [2.45, 2.75) is 32.7 Å². The van der Waals surface area contributed by atoms with E-state index >= 15 is 0 Å². The summed E-state index contributed by atoms with van der Waals surface area (Å²) in [6.45, 7) is 6.50. The molecule has 6 nitrogen and oxygen atoms in total. The van der Waals surface area contributed by atoms with Crippen molar-refractivity contribution in [3.63, 3.8) is 0 Å². The zero-order chi connectivity index (χ0) is 13.4. The van der Waals surface area contributed by atoms with Gasteiger partial charge in [-0.15, -0.1) is 10.2 Å². The Balaban J connectivity index is 1.95. The monoisotopic (exact) mass is 260 g/mol. The molecule has 0 amide bonds. The molecule has 1 atom stereocenters. The van der Waals surface area contributed by atoms with E-state index in [1.54, 1.807) is 6.33 Å². The molecule has 1 aliphatic heterocycles. The highest BCUT2D eigenvalue weighted by atomic mass is 15.4. The summed E-state index contributed by atoms with van der Waals surface area (Å²) >= 11 is 0. The quantitative estimate of drug-likeness (QED) is 0.838. The summed E-state index contributed by atoms with van der Waals surface area (Å²) in [5.41, 5.74) is 1.01. The first-order chi connectivity index (χ1) is 9.16. The fourth-order valence-electron chi connectivity index (χ4n) is 2.82. The van der Waals surface area contributed by atoms with Crippen molar-refractivity contribution < 1.29 is 0 Å². The lowest BCUT2D eigenvalue weighted by molar-refractivity contribution is 0.250. The maximum atomic E-state index is 4.39. The summed E-state index contributed by atoms with van der Waals surface area (Å²) < 4.78 is 3.92. The van der Waals surface area contributed by atoms with Gasteiger partial charge in [0, 0.05) is 13.1 Å². The zero-order valence-electron chi connectivity index (χ0n) is 11.7. The molecule has 0 spiro atoms. The van der Waals surface area contributed by atoms with Crippen LogP contribution in [0.2, 0.25) is 0 Å². The van der Waals surface area contributed by atoms with Gasteiger partial charge in [0.15, 0.2) is 5.82 Å². The van der Waals surface area contributed by atoms with Gasteiger partial charge in [-0.2, -0.15) is 5.10 Å². The molecule has 0 saturated carbocycles. The molecule has 2 aromatic rings. The third kappa shape index (κ3) is 2.16. The molecular formula is C13H20N6. The summed E-state index contributed by atoms with van der Waals surface area (Å²) in [7, 11) is 1.95. The molecule has 3 heterocycles. The Morgan fingerprint density at radius 3 is 2.63 bits per heavy atom. The van der Waals surface area contributed by atoms with Gasteiger partial charge in [0.05, 0.1) is 11.7 Å². The van der Waals surface area contributed by atoms with Gasteiger partial charge in [-0.25, -0.2) is 0 Å². The smallest absolute Gasteiger partial charge is 0.155 e. The van der Waals surface area contributed by atoms with E-state index in [-0.39, 0.29) is 0 Å². The van der Waals surface area contributed by atoms with Crippen LogP contribution in [-0.4, -0.2) is 42.5 Å². The fraction of sp³-hybridized carbons (Fsp3) is 0.615. The van der Waals surface area contributed by atoms with Crippen LogP contribution in [0.15, 0.2) is 12.4 Å². The van der Waals surface area contributed by atoms with E-state index in [1.807, 2.05) is 23.2 Å². The van der Waals surface area contributed by atoms with Crippen molar-refractivity contribution >= 4 is 0 Å². The van der Waals surface area contributed by atoms with Crippen molar-refractivity contribution in [3.8, 4) is 5.82 Å². The van der Waals surface area contributed by atoms with Gasteiger partial charge in [0.2, 0.25) is 0 Å². The van der Waals surface area contributed by atoms with Crippen LogP contribution >= 0.6 is 0 Å². The summed E-state index contributed by atoms with van der Waals surface area (Å²) in [6, 6.07) is 2.35. The van der Waals surface area contributed by atoms with Crippen LogP contribution in [0.3, 0.4) is 0 Å². The predicted octanol–water partition coefficient (Wildman–Crippen LogP) is 1.47. The molecule has 3 rings (SSSR count). The number of hydrogen-bond acceptors (Lipinski definition) is 4. The Morgan fingerprint density at radius 2 is 2.00 bits per heavy atom. The molecule has 0 aromatic carbocycles. The van der Waals surface area contributed by atoms with E-state index in [9.17, 15) is 0 Å². The largest absolute Gasteiger partial charge is 0.294 e. The number of hydrogen-bond donors (Lipinski definition) is 0. The summed E-state index contributed by atoms with van der Waals surface area (Å²) in [4.78, 5) is 2.46. The van der Waals surface area contributed by atoms with Gasteiger partial charge in [-0.05, 0) is 39.8 Å². The normalized spacial score (nSPS) is 18.1. The topological polar surface area (TPSA) is 51.8 Å². The second-order valence-electron chi connectivity index (χ2n) is 5.25. The Labute approximate surface area is 113 Å². The summed E-state index contributed by atoms with van der Waals surface area (Å²) in [6.07, 6.45) is 4.34. The molecule has 102 valence electrons. The minimum Gasteiger partial charge on any atom is -0.294 e. The molecule has 0 aliphatic carbocycles. The number of aromatic nitrogens is 5. The summed E-state index contributed by atoms with van der Waals surface area (Å²) in [5, 5.41) is 12.8. The van der Waals surface area contributed by atoms with Gasteiger partial charge < -0.3 is 0 Å². The average molecular weight is 260 g/mol. The lowest BCUT2D eigenvalue weighted by Gasteiger charge is -2.23. The van der Waals surface area contributed by atoms with E-state index in [4.69, 9.17) is 0 Å². The Morgan fingerprint density at radius 1 is 1.26 bits per heavy atom. The molecule has 2 aromatic heterocycles. The molecular weight excluding hydrogens is 240 g/mol. The molecule has 0 unspecified atom stereocenters. The van der Waals surface area contributed by atoms with E-state index in [1.165, 1.54) is 12.8 Å². The van der Waals surface area contributed by atoms with Gasteiger partial charge in [-0.1, -0.05) is 0 Å². The lowest BCUT2D eigenvalue weighted by Crippen LogP contribution is -2.26. The Hall–Kier alpha value is -1.69. The molecule has 0 N–H and O–H groups in total. The van der Waals surface area contributed by atoms with Gasteiger partial charge in [0.25, 0.3) is 0 Å². The summed E-state index contributed by atoms with van der Waals surface area (Å²) in [5.74, 6) is 2.01. The van der Waals surface area contributed by atoms with Crippen LogP contribution in [0.5, 0.6) is 0 Å². The average Bonchev–Trinajstić information content (AvgIpc) is 3.08. The van der Waals surface area contributed by atoms with Crippen molar-refractivity contribution in [1.82, 2.24) is 29.4 Å². The zero-order valence-corrected chi connectivity index (χ0v) is 11.7. The van der Waals surface area contributed by atoms with Crippen LogP contribution < -0.4 is 0 Å². The molecule has 0 bridgehead atoms. The minimum absolute atomic E-state index is 0.292. The standard InChI is InChI=1S/C13H20N6/c1-10-8-12(17(3)16-10)19-9-14-15-13(19)11(2)18-6-4-5-7-18/h8-9,11H,4-7H2,1-3H3/t11-/m1/s1. The lowest BCUT2D eigenvalue weighted by atomic mass is 10.2. The van der Waals surface area contributed by atoms with Crippen molar-refractivity contribution in [2.75, 3.05) is 13.1 Å². The first-order valence-corrected chi connectivity index (χ1v) is 6.82. The SMILES string of the molecule is Cc1cc(-n2cnnc2[C@@H](C)N2CCCC2)n(C)n1. The number of rotatable bonds is 3. The van der Waals surface area contributed by atoms with Crippen LogP contribution in [0.25, 0.3) is 5.82 Å². The number of likely N-dealkylation sites (tertiary alicyclic amines) is 1. The number of nitrogens with zero attached hydrogens (tertiary/aromatic N) is 6. The van der Waals surface area contributed by atoms with Gasteiger partial charge in [-0.3, -0.25) is 14.1 Å². The van der Waals surface area contributed by atoms with Crippen molar-refractivity contribution in [3.05, 3.63) is 23.9 Å². The highest BCUT2D eigenvalue weighted by Crippen LogP contribution is 2.24. The highest BCUT2D eigenvalue weighted by molar-refractivity contribution is 5.27.